The van der Waals surface area contributed by atoms with Gasteiger partial charge in [-0.15, -0.1) is 0 Å². The number of nitrogens with zero attached hydrogens (tertiary/aromatic N) is 2. The van der Waals surface area contributed by atoms with Crippen molar-refractivity contribution in [3.05, 3.63) is 11.9 Å². The second kappa shape index (κ2) is 2.39. The van der Waals surface area contributed by atoms with Gasteiger partial charge in [0.2, 0.25) is 0 Å². The van der Waals surface area contributed by atoms with Gasteiger partial charge in [0.1, 0.15) is 0 Å². The van der Waals surface area contributed by atoms with Crippen molar-refractivity contribution in [2.45, 2.75) is 12.8 Å². The predicted molar refractivity (Wildman–Crippen MR) is 29.8 cm³/mol. The highest BCUT2D eigenvalue weighted by Gasteiger charge is 2.04. The van der Waals surface area contributed by atoms with E-state index in [1.807, 2.05) is 0 Å². The van der Waals surface area contributed by atoms with Crippen molar-refractivity contribution in [1.82, 2.24) is 0 Å². The normalized spacial score (nSPS) is 14.4. The molecule has 1 N–H and O–H groups in total. The van der Waals surface area contributed by atoms with E-state index in [4.69, 9.17) is 5.11 Å². The number of carboxylic acids is 1. The summed E-state index contributed by atoms with van der Waals surface area (Å²) in [7, 11) is 0. The van der Waals surface area contributed by atoms with E-state index in [-0.39, 0.29) is 6.42 Å². The lowest BCUT2D eigenvalue weighted by Gasteiger charge is -1.99. The molecule has 0 radical (unpaired) electrons. The molecule has 9 heavy (non-hydrogen) atoms. The third-order valence-corrected chi connectivity index (χ3v) is 0.988. The van der Waals surface area contributed by atoms with Gasteiger partial charge in [-0.1, -0.05) is 0 Å². The number of rotatable bonds is 3. The highest BCUT2D eigenvalue weighted by molar-refractivity contribution is 5.67. The van der Waals surface area contributed by atoms with Crippen molar-refractivity contribution in [2.24, 2.45) is 10.2 Å². The van der Waals surface area contributed by atoms with Gasteiger partial charge >= 0.3 is 5.97 Å². The third kappa shape index (κ3) is 1.64. The molecular weight excluding hydrogens is 120 g/mol. The molecule has 1 aliphatic rings. The van der Waals surface area contributed by atoms with Crippen molar-refractivity contribution < 1.29 is 9.90 Å². The van der Waals surface area contributed by atoms with Gasteiger partial charge in [-0.2, -0.15) is 10.2 Å². The maximum atomic E-state index is 9.94. The van der Waals surface area contributed by atoms with Gasteiger partial charge in [0.05, 0.1) is 18.3 Å². The Bertz CT molecular complexity index is 183. The third-order valence-electron chi connectivity index (χ3n) is 0.988. The lowest BCUT2D eigenvalue weighted by atomic mass is 10.2. The minimum absolute atomic E-state index is 0.144. The molecular formula is C5H6N2O2. The highest BCUT2D eigenvalue weighted by Crippen LogP contribution is 2.14. The Kier molecular flexibility index (Phi) is 1.58. The Morgan fingerprint density at radius 3 is 2.78 bits per heavy atom. The van der Waals surface area contributed by atoms with Crippen LogP contribution in [-0.4, -0.2) is 11.1 Å². The summed E-state index contributed by atoms with van der Waals surface area (Å²) in [6, 6.07) is 0. The SMILES string of the molecule is O=C(O)CCC1=CN=N1. The molecule has 0 unspecified atom stereocenters. The fourth-order valence-corrected chi connectivity index (χ4v) is 0.489. The largest absolute Gasteiger partial charge is 0.481 e. The van der Waals surface area contributed by atoms with Crippen molar-refractivity contribution in [2.75, 3.05) is 0 Å². The smallest absolute Gasteiger partial charge is 0.303 e. The molecule has 0 amide bonds. The van der Waals surface area contributed by atoms with Crippen LogP contribution >= 0.6 is 0 Å². The van der Waals surface area contributed by atoms with E-state index in [1.54, 1.807) is 6.20 Å². The van der Waals surface area contributed by atoms with Gasteiger partial charge in [-0.3, -0.25) is 4.79 Å². The number of aliphatic carboxylic acids is 1. The zero-order valence-electron chi connectivity index (χ0n) is 4.74. The summed E-state index contributed by atoms with van der Waals surface area (Å²) in [6.45, 7) is 0. The summed E-state index contributed by atoms with van der Waals surface area (Å²) in [5, 5.41) is 15.2. The van der Waals surface area contributed by atoms with Gasteiger partial charge < -0.3 is 5.11 Å². The van der Waals surface area contributed by atoms with E-state index >= 15 is 0 Å². The molecule has 0 aromatic heterocycles. The Hall–Kier alpha value is -1.19. The fraction of sp³-hybridized carbons (Fsp3) is 0.400. The number of azo groups is 1. The van der Waals surface area contributed by atoms with E-state index in [1.165, 1.54) is 0 Å². The van der Waals surface area contributed by atoms with Crippen LogP contribution in [0.3, 0.4) is 0 Å². The monoisotopic (exact) mass is 126 g/mol. The number of hydrogen-bond donors (Lipinski definition) is 1. The number of carbonyl (C=O) groups is 1. The maximum absolute atomic E-state index is 9.94. The Labute approximate surface area is 51.9 Å². The lowest BCUT2D eigenvalue weighted by Crippen LogP contribution is -1.95. The summed E-state index contributed by atoms with van der Waals surface area (Å²) >= 11 is 0. The molecule has 1 heterocycles. The average molecular weight is 126 g/mol. The van der Waals surface area contributed by atoms with Crippen LogP contribution in [-0.2, 0) is 4.79 Å². The first-order chi connectivity index (χ1) is 4.29. The molecule has 4 heteroatoms. The van der Waals surface area contributed by atoms with Crippen LogP contribution in [0.2, 0.25) is 0 Å². The zero-order valence-corrected chi connectivity index (χ0v) is 4.74. The van der Waals surface area contributed by atoms with Gasteiger partial charge in [-0.25, -0.2) is 0 Å². The minimum atomic E-state index is -0.794. The van der Waals surface area contributed by atoms with Crippen LogP contribution in [0.1, 0.15) is 12.8 Å². The molecule has 0 aromatic carbocycles. The first-order valence-electron chi connectivity index (χ1n) is 2.61. The van der Waals surface area contributed by atoms with Crippen LogP contribution in [0.5, 0.6) is 0 Å². The lowest BCUT2D eigenvalue weighted by molar-refractivity contribution is -0.136. The predicted octanol–water partition coefficient (Wildman–Crippen LogP) is 1.16. The second-order valence-corrected chi connectivity index (χ2v) is 1.73. The Balaban J connectivity index is 2.13. The summed E-state index contributed by atoms with van der Waals surface area (Å²) in [4.78, 5) is 9.94. The molecule has 48 valence electrons. The topological polar surface area (TPSA) is 62.0 Å². The Morgan fingerprint density at radius 1 is 1.78 bits per heavy atom. The Morgan fingerprint density at radius 2 is 2.44 bits per heavy atom. The van der Waals surface area contributed by atoms with Crippen LogP contribution in [0.4, 0.5) is 0 Å². The van der Waals surface area contributed by atoms with Gasteiger partial charge in [0.15, 0.2) is 0 Å². The first kappa shape index (κ1) is 5.94. The van der Waals surface area contributed by atoms with E-state index in [9.17, 15) is 4.79 Å². The van der Waals surface area contributed by atoms with Crippen LogP contribution in [0.15, 0.2) is 22.1 Å². The van der Waals surface area contributed by atoms with Crippen LogP contribution < -0.4 is 0 Å². The van der Waals surface area contributed by atoms with E-state index in [0.717, 1.165) is 5.70 Å². The zero-order chi connectivity index (χ0) is 6.69. The van der Waals surface area contributed by atoms with E-state index in [2.05, 4.69) is 10.2 Å². The molecule has 0 saturated heterocycles. The van der Waals surface area contributed by atoms with E-state index in [0.29, 0.717) is 6.42 Å². The molecule has 1 aliphatic heterocycles. The molecule has 0 spiro atoms. The van der Waals surface area contributed by atoms with Crippen LogP contribution in [0.25, 0.3) is 0 Å². The van der Waals surface area contributed by atoms with Crippen molar-refractivity contribution in [3.63, 3.8) is 0 Å². The maximum Gasteiger partial charge on any atom is 0.303 e. The standard InChI is InChI=1S/C5H6N2O2/c8-5(9)2-1-4-3-6-7-4/h3H,1-2H2,(H,8,9). The molecule has 0 atom stereocenters. The van der Waals surface area contributed by atoms with Crippen molar-refractivity contribution in [3.8, 4) is 0 Å². The van der Waals surface area contributed by atoms with Gasteiger partial charge in [-0.05, 0) is 0 Å². The summed E-state index contributed by atoms with van der Waals surface area (Å²) < 4.78 is 0. The van der Waals surface area contributed by atoms with Crippen LogP contribution in [0, 0.1) is 0 Å². The molecule has 1 rings (SSSR count). The fourth-order valence-electron chi connectivity index (χ4n) is 0.489. The highest BCUT2D eigenvalue weighted by atomic mass is 16.4. The minimum Gasteiger partial charge on any atom is -0.481 e. The molecule has 0 bridgehead atoms. The van der Waals surface area contributed by atoms with Crippen molar-refractivity contribution in [1.29, 1.82) is 0 Å². The van der Waals surface area contributed by atoms with Crippen molar-refractivity contribution >= 4 is 5.97 Å². The molecule has 0 saturated carbocycles. The number of hydrogen-bond acceptors (Lipinski definition) is 3. The molecule has 0 fully saturated rings. The number of carboxylic acid groups (broad SMARTS) is 1. The summed E-state index contributed by atoms with van der Waals surface area (Å²) in [6.07, 6.45) is 2.21. The van der Waals surface area contributed by atoms with Gasteiger partial charge in [0, 0.05) is 6.42 Å². The quantitative estimate of drug-likeness (QED) is 0.616. The average Bonchev–Trinajstić information content (AvgIpc) is 1.60. The number of allylic oxidation sites excluding steroid dienone is 1. The van der Waals surface area contributed by atoms with E-state index < -0.39 is 5.97 Å². The summed E-state index contributed by atoms with van der Waals surface area (Å²) in [5.74, 6) is -0.794. The molecule has 0 aromatic rings. The van der Waals surface area contributed by atoms with Gasteiger partial charge in [0.25, 0.3) is 0 Å². The summed E-state index contributed by atoms with van der Waals surface area (Å²) in [5.41, 5.74) is 0.775. The molecule has 4 nitrogen and oxygen atoms in total. The molecule has 0 aliphatic carbocycles. The first-order valence-corrected chi connectivity index (χ1v) is 2.61. The second-order valence-electron chi connectivity index (χ2n) is 1.73.